The van der Waals surface area contributed by atoms with Gasteiger partial charge < -0.3 is 29.0 Å². The van der Waals surface area contributed by atoms with Gasteiger partial charge in [-0.2, -0.15) is 0 Å². The molecule has 4 rings (SSSR count). The van der Waals surface area contributed by atoms with Crippen LogP contribution >= 0.6 is 23.2 Å². The maximum Gasteiger partial charge on any atom is 0.224 e. The number of hydrogen-bond donors (Lipinski definition) is 1. The zero-order valence-corrected chi connectivity index (χ0v) is 18.3. The number of nitrogens with one attached hydrogen (secondary N) is 1. The summed E-state index contributed by atoms with van der Waals surface area (Å²) in [6, 6.07) is 4.61. The standard InChI is InChI=1S/C20H25Cl2NO6/c1-19(2)25-9-13(27-19)16-15(17-18(26-16)29-20(3,4)28-17)23-14(24)7-10-5-6-11(21)8-12(10)22/h5-6,8,13,15-18H,7,9H2,1-4H3,(H,23,24)/t13-,15-,16-,17-,18-/m1/s1. The number of carbonyl (C=O) groups excluding carboxylic acids is 1. The second kappa shape index (κ2) is 7.64. The second-order valence-corrected chi connectivity index (χ2v) is 9.29. The highest BCUT2D eigenvalue weighted by Gasteiger charge is 2.58. The average molecular weight is 446 g/mol. The van der Waals surface area contributed by atoms with E-state index in [1.54, 1.807) is 18.2 Å². The van der Waals surface area contributed by atoms with Crippen molar-refractivity contribution in [2.45, 2.75) is 76.3 Å². The van der Waals surface area contributed by atoms with Crippen LogP contribution in [0.1, 0.15) is 33.3 Å². The zero-order chi connectivity index (χ0) is 21.0. The average Bonchev–Trinajstić information content (AvgIpc) is 3.20. The Hall–Kier alpha value is -0.930. The van der Waals surface area contributed by atoms with E-state index in [0.29, 0.717) is 22.2 Å². The van der Waals surface area contributed by atoms with Crippen molar-refractivity contribution in [3.63, 3.8) is 0 Å². The molecule has 1 aromatic carbocycles. The van der Waals surface area contributed by atoms with Gasteiger partial charge in [-0.25, -0.2) is 0 Å². The largest absolute Gasteiger partial charge is 0.348 e. The van der Waals surface area contributed by atoms with Gasteiger partial charge in [-0.1, -0.05) is 29.3 Å². The summed E-state index contributed by atoms with van der Waals surface area (Å²) < 4.78 is 29.6. The minimum Gasteiger partial charge on any atom is -0.348 e. The molecular formula is C20H25Cl2NO6. The molecule has 5 atom stereocenters. The second-order valence-electron chi connectivity index (χ2n) is 8.44. The summed E-state index contributed by atoms with van der Waals surface area (Å²) in [4.78, 5) is 12.8. The Labute approximate surface area is 179 Å². The Bertz CT molecular complexity index is 801. The van der Waals surface area contributed by atoms with Gasteiger partial charge in [-0.05, 0) is 45.4 Å². The first-order valence-electron chi connectivity index (χ1n) is 9.59. The Kier molecular flexibility index (Phi) is 5.61. The van der Waals surface area contributed by atoms with Crippen LogP contribution in [0.2, 0.25) is 10.0 Å². The quantitative estimate of drug-likeness (QED) is 0.767. The van der Waals surface area contributed by atoms with Crippen molar-refractivity contribution in [1.82, 2.24) is 5.32 Å². The van der Waals surface area contributed by atoms with Crippen molar-refractivity contribution in [3.05, 3.63) is 33.8 Å². The minimum absolute atomic E-state index is 0.106. The van der Waals surface area contributed by atoms with Crippen LogP contribution in [0.4, 0.5) is 0 Å². The van der Waals surface area contributed by atoms with Gasteiger partial charge in [0.15, 0.2) is 17.9 Å². The third-order valence-corrected chi connectivity index (χ3v) is 5.76. The Balaban J connectivity index is 1.50. The highest BCUT2D eigenvalue weighted by molar-refractivity contribution is 6.35. The summed E-state index contributed by atoms with van der Waals surface area (Å²) in [7, 11) is 0. The first kappa shape index (κ1) is 21.3. The molecule has 160 valence electrons. The molecule has 0 unspecified atom stereocenters. The van der Waals surface area contributed by atoms with Crippen LogP contribution < -0.4 is 5.32 Å². The first-order chi connectivity index (χ1) is 13.5. The molecule has 3 aliphatic rings. The van der Waals surface area contributed by atoms with E-state index < -0.39 is 36.1 Å². The number of halogens is 2. The predicted molar refractivity (Wildman–Crippen MR) is 106 cm³/mol. The molecule has 0 bridgehead atoms. The molecule has 9 heteroatoms. The molecule has 0 aromatic heterocycles. The molecular weight excluding hydrogens is 421 g/mol. The van der Waals surface area contributed by atoms with Crippen LogP contribution in [0.5, 0.6) is 0 Å². The highest BCUT2D eigenvalue weighted by Crippen LogP contribution is 2.40. The van der Waals surface area contributed by atoms with Crippen LogP contribution in [0.3, 0.4) is 0 Å². The molecule has 3 heterocycles. The fraction of sp³-hybridized carbons (Fsp3) is 0.650. The highest BCUT2D eigenvalue weighted by atomic mass is 35.5. The number of ether oxygens (including phenoxy) is 5. The summed E-state index contributed by atoms with van der Waals surface area (Å²) in [5.74, 6) is -1.72. The fourth-order valence-corrected chi connectivity index (χ4v) is 4.44. The van der Waals surface area contributed by atoms with Gasteiger partial charge in [-0.15, -0.1) is 0 Å². The molecule has 1 amide bonds. The minimum atomic E-state index is -0.797. The van der Waals surface area contributed by atoms with Gasteiger partial charge in [-0.3, -0.25) is 4.79 Å². The lowest BCUT2D eigenvalue weighted by Crippen LogP contribution is -2.53. The van der Waals surface area contributed by atoms with Crippen molar-refractivity contribution in [3.8, 4) is 0 Å². The smallest absolute Gasteiger partial charge is 0.224 e. The van der Waals surface area contributed by atoms with Crippen molar-refractivity contribution in [2.75, 3.05) is 6.61 Å². The number of amides is 1. The van der Waals surface area contributed by atoms with Crippen molar-refractivity contribution >= 4 is 29.1 Å². The molecule has 29 heavy (non-hydrogen) atoms. The normalized spacial score (nSPS) is 34.9. The Morgan fingerprint density at radius 1 is 1.10 bits per heavy atom. The van der Waals surface area contributed by atoms with Crippen LogP contribution in [0.15, 0.2) is 18.2 Å². The number of carbonyl (C=O) groups is 1. The molecule has 7 nitrogen and oxygen atoms in total. The van der Waals surface area contributed by atoms with E-state index in [1.165, 1.54) is 0 Å². The van der Waals surface area contributed by atoms with Crippen LogP contribution in [0.25, 0.3) is 0 Å². The third-order valence-electron chi connectivity index (χ3n) is 5.18. The van der Waals surface area contributed by atoms with E-state index in [-0.39, 0.29) is 18.4 Å². The maximum absolute atomic E-state index is 12.8. The van der Waals surface area contributed by atoms with Crippen molar-refractivity contribution in [2.24, 2.45) is 0 Å². The van der Waals surface area contributed by atoms with Gasteiger partial charge in [0.1, 0.15) is 18.3 Å². The van der Waals surface area contributed by atoms with Crippen LogP contribution in [0, 0.1) is 0 Å². The summed E-state index contributed by atoms with van der Waals surface area (Å²) in [6.07, 6.45) is -1.75. The van der Waals surface area contributed by atoms with Gasteiger partial charge in [0.05, 0.1) is 19.1 Å². The van der Waals surface area contributed by atoms with Crippen molar-refractivity contribution < 1.29 is 28.5 Å². The van der Waals surface area contributed by atoms with E-state index >= 15 is 0 Å². The summed E-state index contributed by atoms with van der Waals surface area (Å²) in [5.41, 5.74) is 0.686. The lowest BCUT2D eigenvalue weighted by Gasteiger charge is -2.29. The molecule has 3 saturated heterocycles. The molecule has 0 spiro atoms. The van der Waals surface area contributed by atoms with E-state index in [2.05, 4.69) is 5.32 Å². The number of hydrogen-bond acceptors (Lipinski definition) is 6. The monoisotopic (exact) mass is 445 g/mol. The Morgan fingerprint density at radius 2 is 1.86 bits per heavy atom. The molecule has 0 aliphatic carbocycles. The number of rotatable bonds is 4. The number of fused-ring (bicyclic) bond motifs is 1. The Morgan fingerprint density at radius 3 is 2.52 bits per heavy atom. The lowest BCUT2D eigenvalue weighted by molar-refractivity contribution is -0.223. The van der Waals surface area contributed by atoms with Gasteiger partial charge in [0, 0.05) is 10.0 Å². The molecule has 0 radical (unpaired) electrons. The summed E-state index contributed by atoms with van der Waals surface area (Å²) in [5, 5.41) is 4.00. The zero-order valence-electron chi connectivity index (χ0n) is 16.7. The van der Waals surface area contributed by atoms with Crippen molar-refractivity contribution in [1.29, 1.82) is 0 Å². The molecule has 1 N–H and O–H groups in total. The van der Waals surface area contributed by atoms with Crippen LogP contribution in [-0.2, 0) is 34.9 Å². The fourth-order valence-electron chi connectivity index (χ4n) is 3.97. The van der Waals surface area contributed by atoms with E-state index in [4.69, 9.17) is 46.9 Å². The van der Waals surface area contributed by atoms with E-state index in [1.807, 2.05) is 27.7 Å². The first-order valence-corrected chi connectivity index (χ1v) is 10.3. The van der Waals surface area contributed by atoms with E-state index in [9.17, 15) is 4.79 Å². The van der Waals surface area contributed by atoms with E-state index in [0.717, 1.165) is 0 Å². The molecule has 1 aromatic rings. The summed E-state index contributed by atoms with van der Waals surface area (Å²) >= 11 is 12.1. The van der Waals surface area contributed by atoms with Gasteiger partial charge >= 0.3 is 0 Å². The SMILES string of the molecule is CC1(C)O[C@H]2O[C@H]([C@H]3COC(C)(C)O3)[C@@H](NC(=O)Cc3ccc(Cl)cc3Cl)[C@H]2O1. The molecule has 3 aliphatic heterocycles. The third kappa shape index (κ3) is 4.56. The maximum atomic E-state index is 12.8. The van der Waals surface area contributed by atoms with Gasteiger partial charge in [0.25, 0.3) is 0 Å². The van der Waals surface area contributed by atoms with Gasteiger partial charge in [0.2, 0.25) is 5.91 Å². The molecule has 0 saturated carbocycles. The lowest BCUT2D eigenvalue weighted by atomic mass is 10.0. The molecule has 3 fully saturated rings. The van der Waals surface area contributed by atoms with Crippen LogP contribution in [-0.4, -0.2) is 54.7 Å². The topological polar surface area (TPSA) is 75.3 Å². The number of benzene rings is 1. The predicted octanol–water partition coefficient (Wildman–Crippen LogP) is 3.05. The summed E-state index contributed by atoms with van der Waals surface area (Å²) in [6.45, 7) is 7.67.